The molecule has 2 aromatic rings. The van der Waals surface area contributed by atoms with Crippen molar-refractivity contribution in [1.29, 1.82) is 0 Å². The summed E-state index contributed by atoms with van der Waals surface area (Å²) in [4.78, 5) is 0. The van der Waals surface area contributed by atoms with Gasteiger partial charge in [-0.05, 0) is 40.8 Å². The van der Waals surface area contributed by atoms with Crippen LogP contribution in [0.3, 0.4) is 0 Å². The predicted molar refractivity (Wildman–Crippen MR) is 72.3 cm³/mol. The molecule has 0 bridgehead atoms. The summed E-state index contributed by atoms with van der Waals surface area (Å²) in [7, 11) is 1.09. The molecule has 0 spiro atoms. The standard InChI is InChI=1S/C14H12BCl/c1-15-13-4-2-3-9-7-10-8-11(16)5-6-12(10)14(9)13/h2-6,8,15H,7H2,1H3. The van der Waals surface area contributed by atoms with Crippen molar-refractivity contribution >= 4 is 24.3 Å². The maximum atomic E-state index is 6.04. The summed E-state index contributed by atoms with van der Waals surface area (Å²) in [5, 5.41) is 0.838. The zero-order chi connectivity index (χ0) is 11.1. The molecule has 0 fully saturated rings. The fraction of sp³-hybridized carbons (Fsp3) is 0.143. The van der Waals surface area contributed by atoms with Gasteiger partial charge in [-0.15, -0.1) is 0 Å². The number of hydrogen-bond acceptors (Lipinski definition) is 0. The SMILES string of the molecule is CBc1cccc2c1-c1ccc(Cl)cc1C2. The number of rotatable bonds is 1. The van der Waals surface area contributed by atoms with Crippen molar-refractivity contribution < 1.29 is 0 Å². The summed E-state index contributed by atoms with van der Waals surface area (Å²) < 4.78 is 0. The van der Waals surface area contributed by atoms with Gasteiger partial charge < -0.3 is 0 Å². The minimum atomic E-state index is 0.838. The Morgan fingerprint density at radius 2 is 2.00 bits per heavy atom. The average Bonchev–Trinajstić information content (AvgIpc) is 2.65. The highest BCUT2D eigenvalue weighted by Crippen LogP contribution is 2.36. The Balaban J connectivity index is 2.27. The van der Waals surface area contributed by atoms with Gasteiger partial charge in [0.15, 0.2) is 7.28 Å². The molecule has 0 heterocycles. The van der Waals surface area contributed by atoms with Crippen LogP contribution in [0.1, 0.15) is 11.1 Å². The van der Waals surface area contributed by atoms with Gasteiger partial charge >= 0.3 is 0 Å². The Bertz CT molecular complexity index is 561. The average molecular weight is 227 g/mol. The smallest absolute Gasteiger partial charge is 0.0849 e. The van der Waals surface area contributed by atoms with Crippen LogP contribution < -0.4 is 5.46 Å². The predicted octanol–water partition coefficient (Wildman–Crippen LogP) is 3.02. The lowest BCUT2D eigenvalue weighted by Crippen LogP contribution is -2.13. The number of halogens is 1. The van der Waals surface area contributed by atoms with Crippen LogP contribution in [0.4, 0.5) is 0 Å². The normalized spacial score (nSPS) is 12.1. The molecule has 1 aliphatic carbocycles. The molecular formula is C14H12BCl. The monoisotopic (exact) mass is 226 g/mol. The zero-order valence-corrected chi connectivity index (χ0v) is 10.0. The van der Waals surface area contributed by atoms with Crippen LogP contribution in [0.2, 0.25) is 11.8 Å². The topological polar surface area (TPSA) is 0 Å². The van der Waals surface area contributed by atoms with Gasteiger partial charge in [-0.1, -0.05) is 48.2 Å². The van der Waals surface area contributed by atoms with Gasteiger partial charge in [0.1, 0.15) is 0 Å². The molecule has 2 aromatic carbocycles. The molecule has 1 aliphatic rings. The Morgan fingerprint density at radius 3 is 2.81 bits per heavy atom. The molecule has 0 aliphatic heterocycles. The second-order valence-electron chi connectivity index (χ2n) is 4.28. The Kier molecular flexibility index (Phi) is 2.29. The highest BCUT2D eigenvalue weighted by molar-refractivity contribution is 6.54. The van der Waals surface area contributed by atoms with Crippen molar-refractivity contribution in [3.63, 3.8) is 0 Å². The molecule has 0 unspecified atom stereocenters. The first-order valence-corrected chi connectivity index (χ1v) is 6.07. The van der Waals surface area contributed by atoms with E-state index in [1.165, 1.54) is 27.7 Å². The molecule has 0 atom stereocenters. The Labute approximate surface area is 102 Å². The summed E-state index contributed by atoms with van der Waals surface area (Å²) >= 11 is 6.04. The molecule has 16 heavy (non-hydrogen) atoms. The third-order valence-electron chi connectivity index (χ3n) is 3.34. The first-order chi connectivity index (χ1) is 7.79. The molecule has 2 heteroatoms. The van der Waals surface area contributed by atoms with E-state index in [2.05, 4.69) is 37.2 Å². The van der Waals surface area contributed by atoms with E-state index < -0.39 is 0 Å². The van der Waals surface area contributed by atoms with Crippen LogP contribution in [0, 0.1) is 0 Å². The van der Waals surface area contributed by atoms with E-state index in [0.717, 1.165) is 18.7 Å². The molecular weight excluding hydrogens is 214 g/mol. The number of benzene rings is 2. The van der Waals surface area contributed by atoms with Gasteiger partial charge in [0.2, 0.25) is 0 Å². The molecule has 0 N–H and O–H groups in total. The summed E-state index contributed by atoms with van der Waals surface area (Å²) in [5.41, 5.74) is 7.06. The minimum absolute atomic E-state index is 0.838. The summed E-state index contributed by atoms with van der Waals surface area (Å²) in [6, 6.07) is 12.8. The second kappa shape index (κ2) is 3.67. The lowest BCUT2D eigenvalue weighted by atomic mass is 9.69. The summed E-state index contributed by atoms with van der Waals surface area (Å²) in [6.07, 6.45) is 1.03. The van der Waals surface area contributed by atoms with Crippen LogP contribution in [0.15, 0.2) is 36.4 Å². The van der Waals surface area contributed by atoms with E-state index in [0.29, 0.717) is 0 Å². The van der Waals surface area contributed by atoms with Crippen molar-refractivity contribution in [1.82, 2.24) is 0 Å². The van der Waals surface area contributed by atoms with E-state index in [-0.39, 0.29) is 0 Å². The number of fused-ring (bicyclic) bond motifs is 3. The van der Waals surface area contributed by atoms with Crippen LogP contribution in [-0.4, -0.2) is 7.28 Å². The maximum absolute atomic E-state index is 6.04. The van der Waals surface area contributed by atoms with E-state index in [1.54, 1.807) is 0 Å². The van der Waals surface area contributed by atoms with Gasteiger partial charge in [0, 0.05) is 5.02 Å². The third kappa shape index (κ3) is 1.39. The summed E-state index contributed by atoms with van der Waals surface area (Å²) in [5.74, 6) is 0. The molecule has 0 radical (unpaired) electrons. The van der Waals surface area contributed by atoms with Crippen molar-refractivity contribution in [3.8, 4) is 11.1 Å². The molecule has 0 aromatic heterocycles. The van der Waals surface area contributed by atoms with E-state index >= 15 is 0 Å². The van der Waals surface area contributed by atoms with Crippen molar-refractivity contribution in [3.05, 3.63) is 52.5 Å². The zero-order valence-electron chi connectivity index (χ0n) is 9.26. The van der Waals surface area contributed by atoms with Gasteiger partial charge in [-0.25, -0.2) is 0 Å². The second-order valence-corrected chi connectivity index (χ2v) is 4.72. The molecule has 0 saturated heterocycles. The van der Waals surface area contributed by atoms with Gasteiger partial charge in [0.25, 0.3) is 0 Å². The number of hydrogen-bond donors (Lipinski definition) is 0. The molecule has 3 rings (SSSR count). The van der Waals surface area contributed by atoms with Gasteiger partial charge in [0.05, 0.1) is 0 Å². The van der Waals surface area contributed by atoms with E-state index in [1.807, 2.05) is 6.07 Å². The first kappa shape index (κ1) is 9.98. The summed E-state index contributed by atoms with van der Waals surface area (Å²) in [6.45, 7) is 2.21. The lowest BCUT2D eigenvalue weighted by Gasteiger charge is -2.06. The largest absolute Gasteiger partial charge is 0.155 e. The molecule has 0 amide bonds. The van der Waals surface area contributed by atoms with Crippen LogP contribution in [-0.2, 0) is 6.42 Å². The van der Waals surface area contributed by atoms with Gasteiger partial charge in [-0.2, -0.15) is 0 Å². The third-order valence-corrected chi connectivity index (χ3v) is 3.57. The van der Waals surface area contributed by atoms with Crippen molar-refractivity contribution in [2.45, 2.75) is 13.2 Å². The maximum Gasteiger partial charge on any atom is 0.155 e. The Morgan fingerprint density at radius 1 is 1.12 bits per heavy atom. The lowest BCUT2D eigenvalue weighted by molar-refractivity contribution is 1.26. The highest BCUT2D eigenvalue weighted by atomic mass is 35.5. The fourth-order valence-corrected chi connectivity index (χ4v) is 2.79. The quantitative estimate of drug-likeness (QED) is 0.560. The van der Waals surface area contributed by atoms with Crippen LogP contribution >= 0.6 is 11.6 Å². The fourth-order valence-electron chi connectivity index (χ4n) is 2.60. The van der Waals surface area contributed by atoms with Crippen molar-refractivity contribution in [2.75, 3.05) is 0 Å². The van der Waals surface area contributed by atoms with E-state index in [4.69, 9.17) is 11.6 Å². The van der Waals surface area contributed by atoms with E-state index in [9.17, 15) is 0 Å². The Hall–Kier alpha value is -1.21. The minimum Gasteiger partial charge on any atom is -0.0849 e. The van der Waals surface area contributed by atoms with Gasteiger partial charge in [-0.3, -0.25) is 0 Å². The molecule has 0 nitrogen and oxygen atoms in total. The van der Waals surface area contributed by atoms with Crippen LogP contribution in [0.5, 0.6) is 0 Å². The molecule has 0 saturated carbocycles. The first-order valence-electron chi connectivity index (χ1n) is 5.69. The highest BCUT2D eigenvalue weighted by Gasteiger charge is 2.20. The van der Waals surface area contributed by atoms with Crippen LogP contribution in [0.25, 0.3) is 11.1 Å². The van der Waals surface area contributed by atoms with Crippen molar-refractivity contribution in [2.24, 2.45) is 0 Å². The molecule has 78 valence electrons.